The molecule has 7 heteroatoms. The van der Waals surface area contributed by atoms with E-state index < -0.39 is 11.1 Å². The molecule has 0 aliphatic heterocycles. The van der Waals surface area contributed by atoms with Gasteiger partial charge in [-0.3, -0.25) is 0 Å². The predicted octanol–water partition coefficient (Wildman–Crippen LogP) is -0.960. The first-order chi connectivity index (χ1) is 4.09. The van der Waals surface area contributed by atoms with Gasteiger partial charge in [0.1, 0.15) is 0 Å². The number of hydrogen-bond donors (Lipinski definition) is 1. The molecule has 0 fully saturated rings. The maximum absolute atomic E-state index is 9.86. The summed E-state index contributed by atoms with van der Waals surface area (Å²) in [6, 6.07) is -1.40. The highest BCUT2D eigenvalue weighted by Gasteiger charge is 2.19. The fraction of sp³-hybridized carbons (Fsp3) is 0. The lowest BCUT2D eigenvalue weighted by Crippen LogP contribution is -2.36. The van der Waals surface area contributed by atoms with Crippen LogP contribution in [0.5, 0.6) is 0 Å². The molecule has 0 spiro atoms. The van der Waals surface area contributed by atoms with Crippen molar-refractivity contribution in [2.75, 3.05) is 0 Å². The van der Waals surface area contributed by atoms with E-state index >= 15 is 0 Å². The summed E-state index contributed by atoms with van der Waals surface area (Å²) in [5.74, 6) is 0. The topological polar surface area (TPSA) is 113 Å². The summed E-state index contributed by atoms with van der Waals surface area (Å²) in [4.78, 5) is 19.4. The molecule has 9 heavy (non-hydrogen) atoms. The molecule has 0 saturated heterocycles. The van der Waals surface area contributed by atoms with E-state index in [1.807, 2.05) is 0 Å². The third-order valence-corrected chi connectivity index (χ3v) is 0.467. The molecule has 0 aromatic rings. The number of carbonyl (C=O) groups excluding carboxylic acids is 1. The second kappa shape index (κ2) is 2.46. The molecule has 0 rings (SSSR count). The van der Waals surface area contributed by atoms with E-state index in [9.17, 15) is 14.9 Å². The number of nitrogens with zero attached hydrogens (tertiary/aromatic N) is 3. The van der Waals surface area contributed by atoms with Crippen molar-refractivity contribution < 1.29 is 9.83 Å². The van der Waals surface area contributed by atoms with Crippen LogP contribution in [-0.4, -0.2) is 16.1 Å². The molecule has 2 N–H and O–H groups in total. The summed E-state index contributed by atoms with van der Waals surface area (Å²) in [7, 11) is 0. The number of hydrogen-bond acceptors (Lipinski definition) is 4. The Kier molecular flexibility index (Phi) is 1.96. The summed E-state index contributed by atoms with van der Waals surface area (Å²) < 4.78 is 0. The number of nitrogens with two attached hydrogens (primary N) is 1. The van der Waals surface area contributed by atoms with Crippen LogP contribution < -0.4 is 5.73 Å². The number of rotatable bonds is 1. The molecule has 0 unspecified atom stereocenters. The maximum Gasteiger partial charge on any atom is 0.391 e. The predicted molar refractivity (Wildman–Crippen MR) is 24.0 cm³/mol. The lowest BCUT2D eigenvalue weighted by molar-refractivity contribution is -0.613. The quantitative estimate of drug-likeness (QED) is 0.213. The third-order valence-electron chi connectivity index (χ3n) is 0.467. The number of nitriles is 1. The molecule has 0 heterocycles. The van der Waals surface area contributed by atoms with Crippen LogP contribution in [-0.2, 0) is 0 Å². The Labute approximate surface area is 49.4 Å². The van der Waals surface area contributed by atoms with Gasteiger partial charge in [-0.15, -0.1) is 0 Å². The summed E-state index contributed by atoms with van der Waals surface area (Å²) >= 11 is 0. The highest BCUT2D eigenvalue weighted by atomic mass is 16.7. The summed E-state index contributed by atoms with van der Waals surface area (Å²) in [6.07, 6.45) is 0.961. The van der Waals surface area contributed by atoms with Gasteiger partial charge in [0, 0.05) is 0 Å². The molecule has 48 valence electrons. The highest BCUT2D eigenvalue weighted by Crippen LogP contribution is 1.81. The van der Waals surface area contributed by atoms with Gasteiger partial charge in [0.05, 0.1) is 5.01 Å². The molecule has 7 nitrogen and oxygen atoms in total. The zero-order chi connectivity index (χ0) is 7.44. The van der Waals surface area contributed by atoms with Gasteiger partial charge in [-0.05, 0) is 0 Å². The van der Waals surface area contributed by atoms with Crippen LogP contribution in [0.4, 0.5) is 4.79 Å². The molecule has 2 amide bonds. The molecule has 0 saturated carbocycles. The monoisotopic (exact) mass is 130 g/mol. The third kappa shape index (κ3) is 1.60. The van der Waals surface area contributed by atoms with E-state index in [0.29, 0.717) is 0 Å². The zero-order valence-electron chi connectivity index (χ0n) is 4.14. The molecule has 0 radical (unpaired) electrons. The van der Waals surface area contributed by atoms with E-state index in [1.54, 1.807) is 0 Å². The van der Waals surface area contributed by atoms with Crippen molar-refractivity contribution in [3.05, 3.63) is 10.1 Å². The second-order valence-corrected chi connectivity index (χ2v) is 0.988. The van der Waals surface area contributed by atoms with E-state index in [4.69, 9.17) is 5.26 Å². The molecule has 0 aromatic heterocycles. The highest BCUT2D eigenvalue weighted by molar-refractivity contribution is 5.71. The van der Waals surface area contributed by atoms with E-state index in [0.717, 1.165) is 6.19 Å². The largest absolute Gasteiger partial charge is 0.391 e. The lowest BCUT2D eigenvalue weighted by Gasteiger charge is -1.94. The molecule has 0 aliphatic rings. The van der Waals surface area contributed by atoms with Crippen molar-refractivity contribution in [1.29, 1.82) is 5.26 Å². The Bertz CT molecular complexity index is 167. The SMILES string of the molecule is N#CN(C(N)=O)[N+](=O)[O-]. The minimum Gasteiger partial charge on any atom is -0.346 e. The Hall–Kier alpha value is -1.84. The van der Waals surface area contributed by atoms with Gasteiger partial charge in [-0.2, -0.15) is 5.26 Å². The van der Waals surface area contributed by atoms with Crippen molar-refractivity contribution in [2.24, 2.45) is 5.73 Å². The Morgan fingerprint density at radius 2 is 2.33 bits per heavy atom. The maximum atomic E-state index is 9.86. The zero-order valence-corrected chi connectivity index (χ0v) is 4.14. The Morgan fingerprint density at radius 1 is 1.89 bits per heavy atom. The van der Waals surface area contributed by atoms with Crippen LogP contribution in [0.2, 0.25) is 0 Å². The fourth-order valence-corrected chi connectivity index (χ4v) is 0.166. The lowest BCUT2D eigenvalue weighted by atomic mass is 11.0. The molecule has 0 bridgehead atoms. The van der Waals surface area contributed by atoms with Crippen LogP contribution in [0, 0.1) is 21.6 Å². The van der Waals surface area contributed by atoms with E-state index in [2.05, 4.69) is 5.73 Å². The van der Waals surface area contributed by atoms with Crippen molar-refractivity contribution >= 4 is 6.03 Å². The molecule has 0 aromatic carbocycles. The van der Waals surface area contributed by atoms with Gasteiger partial charge in [0.15, 0.2) is 5.03 Å². The number of hydrazine groups is 1. The van der Waals surface area contributed by atoms with Gasteiger partial charge < -0.3 is 5.73 Å². The first-order valence-corrected chi connectivity index (χ1v) is 1.73. The standard InChI is InChI=1S/C2H2N4O3/c3-1-5(2(4)7)6(8)9/h(H2,4,7). The van der Waals surface area contributed by atoms with Crippen molar-refractivity contribution in [3.63, 3.8) is 0 Å². The van der Waals surface area contributed by atoms with Crippen molar-refractivity contribution in [2.45, 2.75) is 0 Å². The summed E-state index contributed by atoms with van der Waals surface area (Å²) in [5.41, 5.74) is 4.37. The van der Waals surface area contributed by atoms with Crippen LogP contribution in [0.1, 0.15) is 0 Å². The summed E-state index contributed by atoms with van der Waals surface area (Å²) in [6.45, 7) is 0. The van der Waals surface area contributed by atoms with Gasteiger partial charge in [-0.25, -0.2) is 14.9 Å². The van der Waals surface area contributed by atoms with Crippen molar-refractivity contribution in [1.82, 2.24) is 5.01 Å². The van der Waals surface area contributed by atoms with E-state index in [-0.39, 0.29) is 5.01 Å². The Morgan fingerprint density at radius 3 is 2.33 bits per heavy atom. The van der Waals surface area contributed by atoms with Crippen LogP contribution in [0.3, 0.4) is 0 Å². The van der Waals surface area contributed by atoms with Gasteiger partial charge in [0.2, 0.25) is 0 Å². The number of carbonyl (C=O) groups is 1. The van der Waals surface area contributed by atoms with Crippen molar-refractivity contribution in [3.8, 4) is 6.19 Å². The molecular weight excluding hydrogens is 128 g/mol. The number of nitro groups is 1. The molecule has 0 aliphatic carbocycles. The average molecular weight is 130 g/mol. The average Bonchev–Trinajstić information content (AvgIpc) is 1.64. The normalized spacial score (nSPS) is 7.44. The fourth-order valence-electron chi connectivity index (χ4n) is 0.166. The smallest absolute Gasteiger partial charge is 0.346 e. The van der Waals surface area contributed by atoms with Gasteiger partial charge in [-0.1, -0.05) is 0 Å². The number of primary amides is 1. The minimum absolute atomic E-state index is 0.375. The molecule has 0 atom stereocenters. The number of amides is 2. The minimum atomic E-state index is -1.40. The summed E-state index contributed by atoms with van der Waals surface area (Å²) in [5, 5.41) is 15.8. The van der Waals surface area contributed by atoms with Gasteiger partial charge in [0.25, 0.3) is 6.19 Å². The van der Waals surface area contributed by atoms with Crippen LogP contribution >= 0.6 is 0 Å². The first kappa shape index (κ1) is 7.16. The van der Waals surface area contributed by atoms with E-state index in [1.165, 1.54) is 0 Å². The van der Waals surface area contributed by atoms with Crippen LogP contribution in [0.15, 0.2) is 0 Å². The van der Waals surface area contributed by atoms with Gasteiger partial charge >= 0.3 is 6.03 Å². The number of urea groups is 1. The Balaban J connectivity index is 4.22. The second-order valence-electron chi connectivity index (χ2n) is 0.988. The first-order valence-electron chi connectivity index (χ1n) is 1.73. The molecular formula is C2H2N4O3. The van der Waals surface area contributed by atoms with Crippen LogP contribution in [0.25, 0.3) is 0 Å².